The van der Waals surface area contributed by atoms with Crippen LogP contribution in [0.5, 0.6) is 0 Å². The molecule has 2 N–H and O–H groups in total. The minimum atomic E-state index is -4.27. The summed E-state index contributed by atoms with van der Waals surface area (Å²) in [5.74, 6) is 0. The van der Waals surface area contributed by atoms with Gasteiger partial charge in [-0.3, -0.25) is 5.32 Å². The summed E-state index contributed by atoms with van der Waals surface area (Å²) >= 11 is 5.81. The first-order valence-corrected chi connectivity index (χ1v) is 10.6. The van der Waals surface area contributed by atoms with Crippen LogP contribution in [0.3, 0.4) is 0 Å². The van der Waals surface area contributed by atoms with Crippen molar-refractivity contribution in [3.63, 3.8) is 0 Å². The third kappa shape index (κ3) is 4.97. The SMILES string of the molecule is Cc1ccc(N(C(=O)NC(=O)Nc2ccc(Cl)cc2)S(=O)(=O)c2ccccc2)cc1. The van der Waals surface area contributed by atoms with Crippen LogP contribution in [0.4, 0.5) is 21.0 Å². The predicted octanol–water partition coefficient (Wildman–Crippen LogP) is 4.79. The van der Waals surface area contributed by atoms with Crippen molar-refractivity contribution in [3.05, 3.63) is 89.4 Å². The molecule has 0 unspecified atom stereocenters. The van der Waals surface area contributed by atoms with Crippen molar-refractivity contribution in [2.24, 2.45) is 0 Å². The lowest BCUT2D eigenvalue weighted by Gasteiger charge is -2.22. The standard InChI is InChI=1S/C21H18ClN3O4S/c1-15-7-13-18(14-8-15)25(30(28,29)19-5-3-2-4-6-19)21(27)24-20(26)23-17-11-9-16(22)10-12-17/h2-14H,1H3,(H2,23,24,26,27). The molecule has 4 amide bonds. The Kier molecular flexibility index (Phi) is 6.39. The second kappa shape index (κ2) is 8.98. The van der Waals surface area contributed by atoms with Gasteiger partial charge in [0.25, 0.3) is 10.0 Å². The Morgan fingerprint density at radius 3 is 2.07 bits per heavy atom. The van der Waals surface area contributed by atoms with Crippen molar-refractivity contribution in [3.8, 4) is 0 Å². The normalized spacial score (nSPS) is 10.9. The zero-order chi connectivity index (χ0) is 21.7. The summed E-state index contributed by atoms with van der Waals surface area (Å²) in [6.07, 6.45) is 0. The molecule has 9 heteroatoms. The van der Waals surface area contributed by atoms with Crippen LogP contribution in [0.25, 0.3) is 0 Å². The van der Waals surface area contributed by atoms with Crippen LogP contribution in [0.1, 0.15) is 5.56 Å². The van der Waals surface area contributed by atoms with Gasteiger partial charge in [-0.1, -0.05) is 47.5 Å². The molecule has 7 nitrogen and oxygen atoms in total. The van der Waals surface area contributed by atoms with E-state index in [1.54, 1.807) is 54.6 Å². The number of aryl methyl sites for hydroxylation is 1. The Balaban J connectivity index is 1.89. The molecule has 3 aromatic carbocycles. The topological polar surface area (TPSA) is 95.6 Å². The number of urea groups is 2. The Bertz CT molecular complexity index is 1150. The van der Waals surface area contributed by atoms with Gasteiger partial charge in [-0.05, 0) is 55.5 Å². The van der Waals surface area contributed by atoms with Gasteiger partial charge in [-0.2, -0.15) is 4.31 Å². The molecule has 0 radical (unpaired) electrons. The molecule has 0 atom stereocenters. The molecule has 0 heterocycles. The van der Waals surface area contributed by atoms with Gasteiger partial charge >= 0.3 is 12.1 Å². The number of imide groups is 1. The van der Waals surface area contributed by atoms with Crippen LogP contribution in [0, 0.1) is 6.92 Å². The van der Waals surface area contributed by atoms with Crippen molar-refractivity contribution in [2.75, 3.05) is 9.62 Å². The number of carbonyl (C=O) groups is 2. The molecule has 0 bridgehead atoms. The predicted molar refractivity (Wildman–Crippen MR) is 116 cm³/mol. The molecule has 0 aliphatic rings. The van der Waals surface area contributed by atoms with Crippen LogP contribution in [0.2, 0.25) is 5.02 Å². The van der Waals surface area contributed by atoms with Crippen molar-refractivity contribution in [1.29, 1.82) is 0 Å². The van der Waals surface area contributed by atoms with Crippen LogP contribution >= 0.6 is 11.6 Å². The highest BCUT2D eigenvalue weighted by molar-refractivity contribution is 7.93. The van der Waals surface area contributed by atoms with E-state index in [0.717, 1.165) is 5.56 Å². The number of anilines is 2. The average molecular weight is 444 g/mol. The highest BCUT2D eigenvalue weighted by atomic mass is 35.5. The Hall–Kier alpha value is -3.36. The van der Waals surface area contributed by atoms with E-state index in [0.29, 0.717) is 15.0 Å². The summed E-state index contributed by atoms with van der Waals surface area (Å²) in [5.41, 5.74) is 1.37. The second-order valence-electron chi connectivity index (χ2n) is 6.31. The third-order valence-electron chi connectivity index (χ3n) is 4.06. The largest absolute Gasteiger partial charge is 0.344 e. The summed E-state index contributed by atoms with van der Waals surface area (Å²) in [7, 11) is -4.27. The molecule has 0 fully saturated rings. The van der Waals surface area contributed by atoms with Crippen molar-refractivity contribution in [1.82, 2.24) is 5.32 Å². The van der Waals surface area contributed by atoms with E-state index in [1.807, 2.05) is 6.92 Å². The molecule has 0 saturated heterocycles. The molecule has 0 saturated carbocycles. The molecule has 3 aromatic rings. The van der Waals surface area contributed by atoms with Gasteiger partial charge in [0.15, 0.2) is 0 Å². The van der Waals surface area contributed by atoms with Gasteiger partial charge in [-0.15, -0.1) is 0 Å². The van der Waals surface area contributed by atoms with E-state index < -0.39 is 22.1 Å². The molecule has 154 valence electrons. The summed E-state index contributed by atoms with van der Waals surface area (Å²) < 4.78 is 26.9. The maximum atomic E-state index is 13.2. The number of benzene rings is 3. The van der Waals surface area contributed by atoms with Crippen molar-refractivity contribution < 1.29 is 18.0 Å². The fourth-order valence-electron chi connectivity index (χ4n) is 2.59. The molecular formula is C21H18ClN3O4S. The number of amides is 4. The number of nitrogens with one attached hydrogen (secondary N) is 2. The number of hydrogen-bond acceptors (Lipinski definition) is 4. The lowest BCUT2D eigenvalue weighted by molar-refractivity contribution is 0.238. The van der Waals surface area contributed by atoms with Crippen LogP contribution in [-0.4, -0.2) is 20.5 Å². The highest BCUT2D eigenvalue weighted by Gasteiger charge is 2.32. The minimum Gasteiger partial charge on any atom is -0.308 e. The molecule has 0 spiro atoms. The summed E-state index contributed by atoms with van der Waals surface area (Å²) in [4.78, 5) is 25.0. The maximum Gasteiger partial charge on any atom is 0.344 e. The molecule has 30 heavy (non-hydrogen) atoms. The molecule has 0 aliphatic heterocycles. The van der Waals surface area contributed by atoms with Gasteiger partial charge in [0.2, 0.25) is 0 Å². The van der Waals surface area contributed by atoms with Crippen LogP contribution < -0.4 is 14.9 Å². The van der Waals surface area contributed by atoms with E-state index >= 15 is 0 Å². The maximum absolute atomic E-state index is 13.2. The molecule has 0 aliphatic carbocycles. The van der Waals surface area contributed by atoms with Gasteiger partial charge in [-0.25, -0.2) is 18.0 Å². The molecular weight excluding hydrogens is 426 g/mol. The van der Waals surface area contributed by atoms with Gasteiger partial charge < -0.3 is 5.32 Å². The number of hydrogen-bond donors (Lipinski definition) is 2. The summed E-state index contributed by atoms with van der Waals surface area (Å²) in [6, 6.07) is 18.1. The van der Waals surface area contributed by atoms with E-state index in [-0.39, 0.29) is 10.6 Å². The average Bonchev–Trinajstić information content (AvgIpc) is 2.72. The van der Waals surface area contributed by atoms with E-state index in [4.69, 9.17) is 11.6 Å². The zero-order valence-corrected chi connectivity index (χ0v) is 17.4. The fraction of sp³-hybridized carbons (Fsp3) is 0.0476. The Labute approximate surface area is 179 Å². The number of nitrogens with zero attached hydrogens (tertiary/aromatic N) is 1. The summed E-state index contributed by atoms with van der Waals surface area (Å²) in [6.45, 7) is 1.83. The number of carbonyl (C=O) groups excluding carboxylic acids is 2. The van der Waals surface area contributed by atoms with E-state index in [9.17, 15) is 18.0 Å². The fourth-order valence-corrected chi connectivity index (χ4v) is 4.09. The second-order valence-corrected chi connectivity index (χ2v) is 8.53. The quantitative estimate of drug-likeness (QED) is 0.606. The van der Waals surface area contributed by atoms with Crippen molar-refractivity contribution >= 4 is 45.1 Å². The lowest BCUT2D eigenvalue weighted by Crippen LogP contribution is -2.47. The first kappa shape index (κ1) is 21.4. The highest BCUT2D eigenvalue weighted by Crippen LogP contribution is 2.24. The monoisotopic (exact) mass is 443 g/mol. The first-order chi connectivity index (χ1) is 14.3. The number of halogens is 1. The smallest absolute Gasteiger partial charge is 0.308 e. The van der Waals surface area contributed by atoms with Crippen LogP contribution in [0.15, 0.2) is 83.8 Å². The third-order valence-corrected chi connectivity index (χ3v) is 6.03. The van der Waals surface area contributed by atoms with Gasteiger partial charge in [0, 0.05) is 10.7 Å². The van der Waals surface area contributed by atoms with E-state index in [1.165, 1.54) is 24.3 Å². The summed E-state index contributed by atoms with van der Waals surface area (Å²) in [5, 5.41) is 5.00. The van der Waals surface area contributed by atoms with Crippen molar-refractivity contribution in [2.45, 2.75) is 11.8 Å². The van der Waals surface area contributed by atoms with Gasteiger partial charge in [0.1, 0.15) is 0 Å². The number of sulfonamides is 1. The zero-order valence-electron chi connectivity index (χ0n) is 15.9. The molecule has 3 rings (SSSR count). The Morgan fingerprint density at radius 2 is 1.47 bits per heavy atom. The Morgan fingerprint density at radius 1 is 0.867 bits per heavy atom. The van der Waals surface area contributed by atoms with Crippen LogP contribution in [-0.2, 0) is 10.0 Å². The lowest BCUT2D eigenvalue weighted by atomic mass is 10.2. The number of rotatable bonds is 4. The van der Waals surface area contributed by atoms with Gasteiger partial charge in [0.05, 0.1) is 10.6 Å². The first-order valence-electron chi connectivity index (χ1n) is 8.82. The molecule has 0 aromatic heterocycles. The minimum absolute atomic E-state index is 0.0844. The van der Waals surface area contributed by atoms with E-state index in [2.05, 4.69) is 10.6 Å².